The first-order chi connectivity index (χ1) is 13.3. The molecule has 0 unspecified atom stereocenters. The Bertz CT molecular complexity index is 915. The zero-order valence-corrected chi connectivity index (χ0v) is 17.8. The number of nitrogens with zero attached hydrogens (tertiary/aromatic N) is 2. The van der Waals surface area contributed by atoms with Crippen molar-refractivity contribution in [1.82, 2.24) is 9.21 Å². The third kappa shape index (κ3) is 4.48. The van der Waals surface area contributed by atoms with Crippen molar-refractivity contribution in [3.63, 3.8) is 0 Å². The fourth-order valence-corrected chi connectivity index (χ4v) is 5.11. The predicted molar refractivity (Wildman–Crippen MR) is 109 cm³/mol. The molecule has 7 heteroatoms. The van der Waals surface area contributed by atoms with E-state index in [2.05, 4.69) is 36.9 Å². The maximum Gasteiger partial charge on any atom is 0.243 e. The van der Waals surface area contributed by atoms with Gasteiger partial charge >= 0.3 is 0 Å². The Morgan fingerprint density at radius 1 is 0.857 bits per heavy atom. The zero-order chi connectivity index (χ0) is 20.3. The minimum Gasteiger partial charge on any atom is -0.493 e. The number of rotatable bonds is 6. The van der Waals surface area contributed by atoms with Gasteiger partial charge < -0.3 is 9.47 Å². The van der Waals surface area contributed by atoms with Crippen molar-refractivity contribution in [1.29, 1.82) is 0 Å². The van der Waals surface area contributed by atoms with Crippen LogP contribution < -0.4 is 9.47 Å². The lowest BCUT2D eigenvalue weighted by molar-refractivity contribution is 0.181. The van der Waals surface area contributed by atoms with Gasteiger partial charge in [-0.05, 0) is 31.5 Å². The summed E-state index contributed by atoms with van der Waals surface area (Å²) in [6.45, 7) is 7.41. The van der Waals surface area contributed by atoms with Crippen molar-refractivity contribution in [2.45, 2.75) is 25.3 Å². The molecule has 0 aromatic heterocycles. The van der Waals surface area contributed by atoms with E-state index in [-0.39, 0.29) is 4.90 Å². The SMILES string of the molecule is COc1ccc(S(=O)(=O)N2CCN(Cc3cc(C)cc(C)c3)CC2)cc1OC. The number of sulfonamides is 1. The van der Waals surface area contributed by atoms with Crippen LogP contribution in [0.15, 0.2) is 41.3 Å². The van der Waals surface area contributed by atoms with Crippen LogP contribution in [0.2, 0.25) is 0 Å². The minimum atomic E-state index is -3.56. The van der Waals surface area contributed by atoms with Gasteiger partial charge in [0.1, 0.15) is 0 Å². The Morgan fingerprint density at radius 3 is 2.04 bits per heavy atom. The first-order valence-corrected chi connectivity index (χ1v) is 10.8. The molecule has 0 saturated carbocycles. The van der Waals surface area contributed by atoms with Crippen LogP contribution in [0.25, 0.3) is 0 Å². The largest absolute Gasteiger partial charge is 0.493 e. The van der Waals surface area contributed by atoms with Crippen molar-refractivity contribution in [2.75, 3.05) is 40.4 Å². The molecule has 1 saturated heterocycles. The normalized spacial score (nSPS) is 16.1. The van der Waals surface area contributed by atoms with E-state index in [1.54, 1.807) is 16.4 Å². The van der Waals surface area contributed by atoms with Crippen LogP contribution in [0.4, 0.5) is 0 Å². The highest BCUT2D eigenvalue weighted by molar-refractivity contribution is 7.89. The van der Waals surface area contributed by atoms with E-state index in [0.29, 0.717) is 37.7 Å². The topological polar surface area (TPSA) is 59.1 Å². The third-order valence-electron chi connectivity index (χ3n) is 5.01. The molecule has 2 aromatic carbocycles. The van der Waals surface area contributed by atoms with Crippen LogP contribution in [0, 0.1) is 13.8 Å². The van der Waals surface area contributed by atoms with Gasteiger partial charge in [0.05, 0.1) is 19.1 Å². The molecule has 0 bridgehead atoms. The minimum absolute atomic E-state index is 0.230. The van der Waals surface area contributed by atoms with Gasteiger partial charge in [-0.15, -0.1) is 0 Å². The summed E-state index contributed by atoms with van der Waals surface area (Å²) in [5.74, 6) is 0.928. The molecule has 6 nitrogen and oxygen atoms in total. The molecule has 152 valence electrons. The average Bonchev–Trinajstić information content (AvgIpc) is 2.67. The van der Waals surface area contributed by atoms with Gasteiger partial charge in [-0.2, -0.15) is 4.31 Å². The molecule has 0 N–H and O–H groups in total. The molecule has 0 radical (unpaired) electrons. The third-order valence-corrected chi connectivity index (χ3v) is 6.91. The van der Waals surface area contributed by atoms with E-state index in [4.69, 9.17) is 9.47 Å². The molecule has 1 aliphatic heterocycles. The second-order valence-corrected chi connectivity index (χ2v) is 9.13. The van der Waals surface area contributed by atoms with Gasteiger partial charge in [0.2, 0.25) is 10.0 Å². The van der Waals surface area contributed by atoms with Crippen molar-refractivity contribution >= 4 is 10.0 Å². The van der Waals surface area contributed by atoms with Crippen LogP contribution in [-0.2, 0) is 16.6 Å². The van der Waals surface area contributed by atoms with E-state index in [0.717, 1.165) is 6.54 Å². The molecular formula is C21H28N2O4S. The van der Waals surface area contributed by atoms with Crippen molar-refractivity contribution in [3.05, 3.63) is 53.1 Å². The smallest absolute Gasteiger partial charge is 0.243 e. The number of methoxy groups -OCH3 is 2. The van der Waals surface area contributed by atoms with Gasteiger partial charge in [0.25, 0.3) is 0 Å². The summed E-state index contributed by atoms with van der Waals surface area (Å²) in [5.41, 5.74) is 3.78. The summed E-state index contributed by atoms with van der Waals surface area (Å²) < 4.78 is 38.0. The lowest BCUT2D eigenvalue weighted by Gasteiger charge is -2.34. The Labute approximate surface area is 167 Å². The quantitative estimate of drug-likeness (QED) is 0.741. The highest BCUT2D eigenvalue weighted by Crippen LogP contribution is 2.31. The second kappa shape index (κ2) is 8.51. The molecule has 2 aromatic rings. The van der Waals surface area contributed by atoms with Crippen LogP contribution in [0.5, 0.6) is 11.5 Å². The summed E-state index contributed by atoms with van der Waals surface area (Å²) in [6.07, 6.45) is 0. The Kier molecular flexibility index (Phi) is 6.27. The van der Waals surface area contributed by atoms with E-state index in [1.165, 1.54) is 37.0 Å². The summed E-state index contributed by atoms with van der Waals surface area (Å²) >= 11 is 0. The van der Waals surface area contributed by atoms with E-state index in [9.17, 15) is 8.42 Å². The number of piperazine rings is 1. The lowest BCUT2D eigenvalue weighted by Crippen LogP contribution is -2.48. The number of ether oxygens (including phenoxy) is 2. The first kappa shape index (κ1) is 20.6. The van der Waals surface area contributed by atoms with Gasteiger partial charge in [0, 0.05) is 38.8 Å². The second-order valence-electron chi connectivity index (χ2n) is 7.19. The zero-order valence-electron chi connectivity index (χ0n) is 16.9. The van der Waals surface area contributed by atoms with Gasteiger partial charge in [-0.25, -0.2) is 8.42 Å². The first-order valence-electron chi connectivity index (χ1n) is 9.35. The number of hydrogen-bond acceptors (Lipinski definition) is 5. The van der Waals surface area contributed by atoms with E-state index >= 15 is 0 Å². The maximum absolute atomic E-state index is 13.0. The molecule has 28 heavy (non-hydrogen) atoms. The Hall–Kier alpha value is -2.09. The maximum atomic E-state index is 13.0. The molecule has 0 spiro atoms. The lowest BCUT2D eigenvalue weighted by atomic mass is 10.1. The molecule has 1 heterocycles. The summed E-state index contributed by atoms with van der Waals surface area (Å²) in [4.78, 5) is 2.53. The molecule has 0 amide bonds. The molecule has 1 aliphatic rings. The monoisotopic (exact) mass is 404 g/mol. The standard InChI is InChI=1S/C21H28N2O4S/c1-16-11-17(2)13-18(12-16)15-22-7-9-23(10-8-22)28(24,25)19-5-6-20(26-3)21(14-19)27-4/h5-6,11-14H,7-10,15H2,1-4H3. The summed E-state index contributed by atoms with van der Waals surface area (Å²) in [5, 5.41) is 0. The van der Waals surface area contributed by atoms with Crippen LogP contribution in [0.1, 0.15) is 16.7 Å². The van der Waals surface area contributed by atoms with E-state index < -0.39 is 10.0 Å². The number of aryl methyl sites for hydroxylation is 2. The molecule has 0 atom stereocenters. The van der Waals surface area contributed by atoms with Crippen molar-refractivity contribution in [2.24, 2.45) is 0 Å². The summed E-state index contributed by atoms with van der Waals surface area (Å²) in [6, 6.07) is 11.3. The highest BCUT2D eigenvalue weighted by Gasteiger charge is 2.29. The summed E-state index contributed by atoms with van der Waals surface area (Å²) in [7, 11) is -0.529. The van der Waals surface area contributed by atoms with Crippen LogP contribution in [0.3, 0.4) is 0 Å². The van der Waals surface area contributed by atoms with E-state index in [1.807, 2.05) is 0 Å². The predicted octanol–water partition coefficient (Wildman–Crippen LogP) is 2.83. The van der Waals surface area contributed by atoms with Crippen molar-refractivity contribution in [3.8, 4) is 11.5 Å². The fourth-order valence-electron chi connectivity index (χ4n) is 3.67. The van der Waals surface area contributed by atoms with Crippen molar-refractivity contribution < 1.29 is 17.9 Å². The molecule has 3 rings (SSSR count). The van der Waals surface area contributed by atoms with Crippen LogP contribution >= 0.6 is 0 Å². The van der Waals surface area contributed by atoms with Crippen LogP contribution in [-0.4, -0.2) is 58.0 Å². The molecule has 0 aliphatic carbocycles. The van der Waals surface area contributed by atoms with Gasteiger partial charge in [-0.3, -0.25) is 4.90 Å². The molecular weight excluding hydrogens is 376 g/mol. The van der Waals surface area contributed by atoms with Gasteiger partial charge in [-0.1, -0.05) is 29.3 Å². The number of hydrogen-bond donors (Lipinski definition) is 0. The van der Waals surface area contributed by atoms with Gasteiger partial charge in [0.15, 0.2) is 11.5 Å². The Morgan fingerprint density at radius 2 is 1.46 bits per heavy atom. The number of benzene rings is 2. The highest BCUT2D eigenvalue weighted by atomic mass is 32.2. The Balaban J connectivity index is 1.68. The average molecular weight is 405 g/mol. The molecule has 1 fully saturated rings. The fraction of sp³-hybridized carbons (Fsp3) is 0.429.